The number of aromatic nitrogens is 4. The van der Waals surface area contributed by atoms with Gasteiger partial charge in [-0.05, 0) is 38.3 Å². The average molecular weight is 301 g/mol. The molecule has 0 bridgehead atoms. The second-order valence-electron chi connectivity index (χ2n) is 5.31. The Hall–Kier alpha value is -1.95. The van der Waals surface area contributed by atoms with Crippen LogP contribution in [0.1, 0.15) is 25.7 Å². The number of nitrogens with two attached hydrogens (primary N) is 1. The Labute approximate surface area is 128 Å². The van der Waals surface area contributed by atoms with Gasteiger partial charge in [0.15, 0.2) is 0 Å². The molecule has 0 unspecified atom stereocenters. The maximum absolute atomic E-state index is 6.02. The third-order valence-electron chi connectivity index (χ3n) is 3.54. The van der Waals surface area contributed by atoms with Gasteiger partial charge in [0.25, 0.3) is 0 Å². The van der Waals surface area contributed by atoms with E-state index >= 15 is 0 Å². The number of hydrogen-bond donors (Lipinski definition) is 1. The van der Waals surface area contributed by atoms with Crippen LogP contribution in [0.2, 0.25) is 0 Å². The molecular formula is C15H19N5S. The van der Waals surface area contributed by atoms with Gasteiger partial charge < -0.3 is 10.3 Å². The van der Waals surface area contributed by atoms with Gasteiger partial charge in [-0.3, -0.25) is 0 Å². The molecule has 0 atom stereocenters. The third-order valence-corrected chi connectivity index (χ3v) is 4.32. The molecule has 0 aliphatic rings. The molecule has 5 nitrogen and oxygen atoms in total. The number of rotatable bonds is 4. The maximum atomic E-state index is 6.02. The second kappa shape index (κ2) is 5.44. The summed E-state index contributed by atoms with van der Waals surface area (Å²) in [4.78, 5) is 5.58. The van der Waals surface area contributed by atoms with E-state index in [-0.39, 0.29) is 0 Å². The highest BCUT2D eigenvalue weighted by molar-refractivity contribution is 7.98. The van der Waals surface area contributed by atoms with Gasteiger partial charge in [-0.1, -0.05) is 0 Å². The highest BCUT2D eigenvalue weighted by Crippen LogP contribution is 2.30. The Bertz CT molecular complexity index is 772. The Morgan fingerprint density at radius 3 is 2.86 bits per heavy atom. The van der Waals surface area contributed by atoms with Crippen molar-refractivity contribution in [3.63, 3.8) is 0 Å². The molecule has 3 aromatic rings. The van der Waals surface area contributed by atoms with Crippen LogP contribution in [-0.2, 0) is 6.54 Å². The van der Waals surface area contributed by atoms with Crippen LogP contribution >= 0.6 is 11.8 Å². The lowest BCUT2D eigenvalue weighted by atomic mass is 10.2. The number of hydrogen-bond acceptors (Lipinski definition) is 4. The fourth-order valence-electron chi connectivity index (χ4n) is 2.56. The zero-order chi connectivity index (χ0) is 15.0. The predicted octanol–water partition coefficient (Wildman–Crippen LogP) is 3.17. The summed E-state index contributed by atoms with van der Waals surface area (Å²) in [6.07, 6.45) is 5.77. The molecule has 3 rings (SSSR count). The molecule has 0 spiro atoms. The van der Waals surface area contributed by atoms with E-state index in [1.807, 2.05) is 16.8 Å². The topological polar surface area (TPSA) is 61.7 Å². The van der Waals surface area contributed by atoms with Crippen LogP contribution in [0.15, 0.2) is 35.6 Å². The molecule has 6 heteroatoms. The highest BCUT2D eigenvalue weighted by atomic mass is 32.2. The Kier molecular flexibility index (Phi) is 3.63. The fourth-order valence-corrected chi connectivity index (χ4v) is 3.21. The normalized spacial score (nSPS) is 11.6. The zero-order valence-electron chi connectivity index (χ0n) is 12.4. The average Bonchev–Trinajstić information content (AvgIpc) is 3.06. The van der Waals surface area contributed by atoms with Crippen LogP contribution in [0.4, 0.5) is 5.69 Å². The first kappa shape index (κ1) is 14.0. The quantitative estimate of drug-likeness (QED) is 0.594. The summed E-state index contributed by atoms with van der Waals surface area (Å²) in [5.74, 6) is 0.954. The van der Waals surface area contributed by atoms with Gasteiger partial charge in [0, 0.05) is 28.2 Å². The number of nitrogens with zero attached hydrogens (tertiary/aromatic N) is 4. The molecule has 2 N–H and O–H groups in total. The van der Waals surface area contributed by atoms with Crippen molar-refractivity contribution in [2.24, 2.45) is 0 Å². The monoisotopic (exact) mass is 301 g/mol. The van der Waals surface area contributed by atoms with Gasteiger partial charge >= 0.3 is 0 Å². The molecule has 1 aromatic carbocycles. The summed E-state index contributed by atoms with van der Waals surface area (Å²) in [6, 6.07) is 6.48. The van der Waals surface area contributed by atoms with Gasteiger partial charge in [0.2, 0.25) is 0 Å². The molecule has 0 fully saturated rings. The Morgan fingerprint density at radius 1 is 1.33 bits per heavy atom. The smallest absolute Gasteiger partial charge is 0.147 e. The fraction of sp³-hybridized carbons (Fsp3) is 0.333. The molecular weight excluding hydrogens is 282 g/mol. The first-order valence-electron chi connectivity index (χ1n) is 6.91. The summed E-state index contributed by atoms with van der Waals surface area (Å²) in [7, 11) is 0. The summed E-state index contributed by atoms with van der Waals surface area (Å²) in [5.41, 5.74) is 7.95. The van der Waals surface area contributed by atoms with E-state index in [0.717, 1.165) is 17.0 Å². The number of benzene rings is 1. The molecule has 0 saturated carbocycles. The zero-order valence-corrected chi connectivity index (χ0v) is 13.3. The molecule has 110 valence electrons. The maximum Gasteiger partial charge on any atom is 0.147 e. The lowest BCUT2D eigenvalue weighted by Gasteiger charge is -2.11. The SMILES string of the molecule is CSc1cc(N)cc2c1ccn2Cc1ncnn1C(C)C. The molecule has 0 radical (unpaired) electrons. The minimum absolute atomic E-state index is 0.302. The van der Waals surface area contributed by atoms with Crippen molar-refractivity contribution < 1.29 is 0 Å². The van der Waals surface area contributed by atoms with Crippen molar-refractivity contribution in [1.82, 2.24) is 19.3 Å². The molecule has 21 heavy (non-hydrogen) atoms. The van der Waals surface area contributed by atoms with Crippen LogP contribution in [0.25, 0.3) is 10.9 Å². The third kappa shape index (κ3) is 2.51. The summed E-state index contributed by atoms with van der Waals surface area (Å²) >= 11 is 1.72. The van der Waals surface area contributed by atoms with E-state index in [1.54, 1.807) is 18.1 Å². The minimum Gasteiger partial charge on any atom is -0.399 e. The first-order chi connectivity index (χ1) is 10.1. The molecule has 0 aliphatic heterocycles. The van der Waals surface area contributed by atoms with Crippen LogP contribution in [0.3, 0.4) is 0 Å². The van der Waals surface area contributed by atoms with Gasteiger partial charge in [0.1, 0.15) is 12.2 Å². The van der Waals surface area contributed by atoms with Gasteiger partial charge in [-0.15, -0.1) is 11.8 Å². The van der Waals surface area contributed by atoms with Gasteiger partial charge in [-0.25, -0.2) is 9.67 Å². The molecule has 0 saturated heterocycles. The number of anilines is 1. The standard InChI is InChI=1S/C15H19N5S/c1-10(2)20-15(17-9-18-20)8-19-5-4-12-13(19)6-11(16)7-14(12)21-3/h4-7,9-10H,8,16H2,1-3H3. The lowest BCUT2D eigenvalue weighted by Crippen LogP contribution is -2.11. The van der Waals surface area contributed by atoms with Crippen molar-refractivity contribution in [1.29, 1.82) is 0 Å². The van der Waals surface area contributed by atoms with Gasteiger partial charge in [0.05, 0.1) is 12.1 Å². The van der Waals surface area contributed by atoms with Crippen LogP contribution in [-0.4, -0.2) is 25.6 Å². The van der Waals surface area contributed by atoms with E-state index in [1.165, 1.54) is 10.3 Å². The van der Waals surface area contributed by atoms with Gasteiger partial charge in [-0.2, -0.15) is 5.10 Å². The van der Waals surface area contributed by atoms with Crippen molar-refractivity contribution in [3.8, 4) is 0 Å². The van der Waals surface area contributed by atoms with E-state index < -0.39 is 0 Å². The second-order valence-corrected chi connectivity index (χ2v) is 6.16. The molecule has 2 heterocycles. The first-order valence-corrected chi connectivity index (χ1v) is 8.13. The predicted molar refractivity (Wildman–Crippen MR) is 87.6 cm³/mol. The van der Waals surface area contributed by atoms with Crippen LogP contribution in [0, 0.1) is 0 Å². The number of thioether (sulfide) groups is 1. The Morgan fingerprint density at radius 2 is 2.14 bits per heavy atom. The van der Waals surface area contributed by atoms with Crippen molar-refractivity contribution >= 4 is 28.4 Å². The minimum atomic E-state index is 0.302. The Balaban J connectivity index is 2.05. The van der Waals surface area contributed by atoms with E-state index in [4.69, 9.17) is 5.73 Å². The van der Waals surface area contributed by atoms with Crippen molar-refractivity contribution in [2.75, 3.05) is 12.0 Å². The van der Waals surface area contributed by atoms with Crippen molar-refractivity contribution in [2.45, 2.75) is 31.3 Å². The number of nitrogen functional groups attached to an aromatic ring is 1. The molecule has 0 aliphatic carbocycles. The highest BCUT2D eigenvalue weighted by Gasteiger charge is 2.11. The van der Waals surface area contributed by atoms with Crippen molar-refractivity contribution in [3.05, 3.63) is 36.5 Å². The van der Waals surface area contributed by atoms with E-state index in [2.05, 4.69) is 47.0 Å². The summed E-state index contributed by atoms with van der Waals surface area (Å²) in [5, 5.41) is 5.52. The summed E-state index contributed by atoms with van der Waals surface area (Å²) < 4.78 is 4.13. The van der Waals surface area contributed by atoms with Crippen LogP contribution < -0.4 is 5.73 Å². The molecule has 2 aromatic heterocycles. The molecule has 0 amide bonds. The van der Waals surface area contributed by atoms with E-state index in [0.29, 0.717) is 12.6 Å². The number of fused-ring (bicyclic) bond motifs is 1. The summed E-state index contributed by atoms with van der Waals surface area (Å²) in [6.45, 7) is 4.91. The van der Waals surface area contributed by atoms with Crippen LogP contribution in [0.5, 0.6) is 0 Å². The lowest BCUT2D eigenvalue weighted by molar-refractivity contribution is 0.498. The largest absolute Gasteiger partial charge is 0.399 e. The van der Waals surface area contributed by atoms with E-state index in [9.17, 15) is 0 Å².